The highest BCUT2D eigenvalue weighted by Crippen LogP contribution is 2.24. The molecule has 2 aromatic carbocycles. The normalized spacial score (nSPS) is 12.3. The average Bonchev–Trinajstić information content (AvgIpc) is 3.12. The van der Waals surface area contributed by atoms with E-state index in [-0.39, 0.29) is 21.5 Å². The van der Waals surface area contributed by atoms with Gasteiger partial charge in [0.2, 0.25) is 0 Å². The van der Waals surface area contributed by atoms with E-state index >= 15 is 0 Å². The molecule has 0 fully saturated rings. The maximum absolute atomic E-state index is 13.0. The summed E-state index contributed by atoms with van der Waals surface area (Å²) in [6.07, 6.45) is 1.24. The largest absolute Gasteiger partial charge is 0.269 e. The lowest BCUT2D eigenvalue weighted by atomic mass is 9.95. The Balaban J connectivity index is 2.09. The minimum absolute atomic E-state index is 0.159. The summed E-state index contributed by atoms with van der Waals surface area (Å²) in [4.78, 5) is 52.0. The van der Waals surface area contributed by atoms with Crippen molar-refractivity contribution >= 4 is 21.5 Å². The Morgan fingerprint density at radius 3 is 1.55 bits per heavy atom. The predicted octanol–water partition coefficient (Wildman–Crippen LogP) is 2.75. The van der Waals surface area contributed by atoms with E-state index < -0.39 is 27.8 Å². The van der Waals surface area contributed by atoms with Gasteiger partial charge in [0.25, 0.3) is 22.2 Å². The number of fused-ring (bicyclic) bond motifs is 2. The van der Waals surface area contributed by atoms with Crippen molar-refractivity contribution < 1.29 is 0 Å². The lowest BCUT2D eigenvalue weighted by Gasteiger charge is -2.27. The third-order valence-corrected chi connectivity index (χ3v) is 6.25. The first-order valence-electron chi connectivity index (χ1n) is 9.76. The monoisotopic (exact) mass is 390 g/mol. The molecule has 0 atom stereocenters. The molecule has 0 radical (unpaired) electrons. The minimum atomic E-state index is -0.612. The van der Waals surface area contributed by atoms with Crippen molar-refractivity contribution in [2.24, 2.45) is 0 Å². The number of aromatic nitrogens is 2. The third-order valence-electron chi connectivity index (χ3n) is 6.25. The van der Waals surface area contributed by atoms with Crippen molar-refractivity contribution in [2.75, 3.05) is 0 Å². The zero-order chi connectivity index (χ0) is 21.1. The van der Waals surface area contributed by atoms with Gasteiger partial charge in [-0.05, 0) is 51.0 Å². The molecule has 4 aromatic rings. The van der Waals surface area contributed by atoms with Gasteiger partial charge in [-0.3, -0.25) is 23.7 Å². The molecular formula is C23H22N2O4. The van der Waals surface area contributed by atoms with Gasteiger partial charge in [-0.1, -0.05) is 31.5 Å². The predicted molar refractivity (Wildman–Crippen MR) is 115 cm³/mol. The number of aryl methyl sites for hydroxylation is 1. The Bertz CT molecular complexity index is 1380. The van der Waals surface area contributed by atoms with E-state index in [2.05, 4.69) is 0 Å². The molecular weight excluding hydrogens is 368 g/mol. The van der Waals surface area contributed by atoms with E-state index in [4.69, 9.17) is 0 Å². The zero-order valence-corrected chi connectivity index (χ0v) is 16.9. The van der Waals surface area contributed by atoms with Crippen LogP contribution in [0.25, 0.3) is 27.2 Å². The van der Waals surface area contributed by atoms with Crippen molar-refractivity contribution in [3.05, 3.63) is 83.4 Å². The van der Waals surface area contributed by atoms with Crippen molar-refractivity contribution in [1.29, 1.82) is 0 Å². The lowest BCUT2D eigenvalue weighted by molar-refractivity contribution is 0.282. The molecule has 2 heterocycles. The van der Waals surface area contributed by atoms with Crippen molar-refractivity contribution in [3.8, 4) is 5.69 Å². The molecule has 0 saturated carbocycles. The molecule has 0 aliphatic carbocycles. The molecule has 0 unspecified atom stereocenters. The van der Waals surface area contributed by atoms with Crippen LogP contribution in [0.5, 0.6) is 0 Å². The highest BCUT2D eigenvalue weighted by atomic mass is 16.2. The molecule has 2 aromatic heterocycles. The second kappa shape index (κ2) is 6.37. The molecule has 0 bridgehead atoms. The van der Waals surface area contributed by atoms with E-state index in [0.717, 1.165) is 10.1 Å². The third kappa shape index (κ3) is 2.55. The fraction of sp³-hybridized carbons (Fsp3) is 0.304. The van der Waals surface area contributed by atoms with Crippen LogP contribution < -0.4 is 22.2 Å². The maximum Gasteiger partial charge on any atom is 0.266 e. The van der Waals surface area contributed by atoms with Gasteiger partial charge in [0.1, 0.15) is 0 Å². The van der Waals surface area contributed by atoms with Gasteiger partial charge in [0, 0.05) is 5.54 Å². The van der Waals surface area contributed by atoms with E-state index in [0.29, 0.717) is 18.5 Å². The van der Waals surface area contributed by atoms with Gasteiger partial charge in [0.15, 0.2) is 0 Å². The van der Waals surface area contributed by atoms with Gasteiger partial charge in [0.05, 0.1) is 27.2 Å². The van der Waals surface area contributed by atoms with Crippen LogP contribution in [0, 0.1) is 6.92 Å². The molecule has 0 N–H and O–H groups in total. The summed E-state index contributed by atoms with van der Waals surface area (Å²) in [5.41, 5.74) is -0.921. The van der Waals surface area contributed by atoms with E-state index in [9.17, 15) is 19.2 Å². The Kier molecular flexibility index (Phi) is 4.19. The highest BCUT2D eigenvalue weighted by Gasteiger charge is 2.29. The van der Waals surface area contributed by atoms with Gasteiger partial charge >= 0.3 is 0 Å². The summed E-state index contributed by atoms with van der Waals surface area (Å²) in [6, 6.07) is 9.86. The number of hydrogen-bond acceptors (Lipinski definition) is 4. The van der Waals surface area contributed by atoms with Gasteiger partial charge < -0.3 is 0 Å². The first-order valence-corrected chi connectivity index (χ1v) is 9.76. The molecule has 6 heteroatoms. The van der Waals surface area contributed by atoms with Crippen LogP contribution in [0.15, 0.2) is 55.6 Å². The number of rotatable bonds is 4. The summed E-state index contributed by atoms with van der Waals surface area (Å²) < 4.78 is 2.37. The van der Waals surface area contributed by atoms with Crippen molar-refractivity contribution in [2.45, 2.75) is 46.1 Å². The number of hydrogen-bond donors (Lipinski definition) is 0. The second-order valence-electron chi connectivity index (χ2n) is 7.87. The Hall–Kier alpha value is -3.28. The minimum Gasteiger partial charge on any atom is -0.269 e. The summed E-state index contributed by atoms with van der Waals surface area (Å²) in [6.45, 7) is 7.65. The summed E-state index contributed by atoms with van der Waals surface area (Å²) in [5.74, 6) is 0. The number of benzene rings is 2. The highest BCUT2D eigenvalue weighted by molar-refractivity contribution is 5.98. The lowest BCUT2D eigenvalue weighted by Crippen LogP contribution is -2.42. The Labute approximate surface area is 166 Å². The summed E-state index contributed by atoms with van der Waals surface area (Å²) in [7, 11) is 0. The number of nitrogens with zero attached hydrogens (tertiary/aromatic N) is 2. The Morgan fingerprint density at radius 2 is 1.14 bits per heavy atom. The second-order valence-corrected chi connectivity index (χ2v) is 7.87. The topological polar surface area (TPSA) is 78.1 Å². The maximum atomic E-state index is 13.0. The van der Waals surface area contributed by atoms with Gasteiger partial charge in [-0.25, -0.2) is 4.57 Å². The van der Waals surface area contributed by atoms with E-state index in [1.54, 1.807) is 12.1 Å². The van der Waals surface area contributed by atoms with Crippen LogP contribution >= 0.6 is 0 Å². The van der Waals surface area contributed by atoms with Crippen molar-refractivity contribution in [1.82, 2.24) is 9.13 Å². The molecule has 0 aliphatic rings. The molecule has 0 spiro atoms. The standard InChI is InChI=1S/C23H22N2O4/c1-5-23(4,6-2)25-21(28)17-11-15-16(12-18(17)22(25)29)20(27)24(19(15)26)14-9-7-13(3)8-10-14/h7-12H,5-6H2,1-4H3. The van der Waals surface area contributed by atoms with Crippen LogP contribution in [0.3, 0.4) is 0 Å². The van der Waals surface area contributed by atoms with Crippen LogP contribution in [-0.4, -0.2) is 9.13 Å². The first-order chi connectivity index (χ1) is 13.7. The van der Waals surface area contributed by atoms with Gasteiger partial charge in [-0.2, -0.15) is 0 Å². The SMILES string of the molecule is CCC(C)(CC)n1c(=O)c2cc3c(=O)n(-c4ccc(C)cc4)c(=O)c3cc2c1=O. The van der Waals surface area contributed by atoms with Crippen LogP contribution in [0.1, 0.15) is 39.2 Å². The Morgan fingerprint density at radius 1 is 0.724 bits per heavy atom. The van der Waals surface area contributed by atoms with E-state index in [1.165, 1.54) is 16.7 Å². The summed E-state index contributed by atoms with van der Waals surface area (Å²) >= 11 is 0. The van der Waals surface area contributed by atoms with Crippen molar-refractivity contribution in [3.63, 3.8) is 0 Å². The molecule has 0 amide bonds. The van der Waals surface area contributed by atoms with E-state index in [1.807, 2.05) is 39.8 Å². The molecule has 148 valence electrons. The molecule has 29 heavy (non-hydrogen) atoms. The first kappa shape index (κ1) is 19.1. The van der Waals surface area contributed by atoms with Crippen LogP contribution in [0.2, 0.25) is 0 Å². The molecule has 0 saturated heterocycles. The summed E-state index contributed by atoms with van der Waals surface area (Å²) in [5, 5.41) is 0.696. The van der Waals surface area contributed by atoms with Crippen LogP contribution in [0.4, 0.5) is 0 Å². The molecule has 4 rings (SSSR count). The average molecular weight is 390 g/mol. The van der Waals surface area contributed by atoms with Gasteiger partial charge in [-0.15, -0.1) is 0 Å². The fourth-order valence-corrected chi connectivity index (χ4v) is 3.96. The zero-order valence-electron chi connectivity index (χ0n) is 16.9. The molecule has 0 aliphatic heterocycles. The quantitative estimate of drug-likeness (QED) is 0.537. The van der Waals surface area contributed by atoms with Crippen LogP contribution in [-0.2, 0) is 5.54 Å². The fourth-order valence-electron chi connectivity index (χ4n) is 3.96. The smallest absolute Gasteiger partial charge is 0.266 e. The molecule has 6 nitrogen and oxygen atoms in total.